The summed E-state index contributed by atoms with van der Waals surface area (Å²) < 4.78 is 5.67. The highest BCUT2D eigenvalue weighted by Gasteiger charge is 2.32. The molecule has 27 heavy (non-hydrogen) atoms. The van der Waals surface area contributed by atoms with Crippen LogP contribution in [-0.4, -0.2) is 34.3 Å². The highest BCUT2D eigenvalue weighted by molar-refractivity contribution is 6.39. The third kappa shape index (κ3) is 3.85. The van der Waals surface area contributed by atoms with Crippen LogP contribution in [0.3, 0.4) is 0 Å². The molecule has 2 aromatic rings. The van der Waals surface area contributed by atoms with Crippen molar-refractivity contribution in [3.8, 4) is 11.3 Å². The number of carbonyl (C=O) groups is 1. The van der Waals surface area contributed by atoms with Gasteiger partial charge in [-0.1, -0.05) is 46.6 Å². The molecule has 0 bridgehead atoms. The van der Waals surface area contributed by atoms with E-state index in [4.69, 9.17) is 32.8 Å². The number of allylic oxidation sites excluding steroid dienone is 1. The summed E-state index contributed by atoms with van der Waals surface area (Å²) in [6, 6.07) is 5.40. The van der Waals surface area contributed by atoms with E-state index in [9.17, 15) is 4.79 Å². The number of rotatable bonds is 4. The molecule has 7 heteroatoms. The maximum Gasteiger partial charge on any atom is 0.407 e. The Bertz CT molecular complexity index is 861. The Morgan fingerprint density at radius 1 is 1.19 bits per heavy atom. The average Bonchev–Trinajstić information content (AvgIpc) is 3.41. The lowest BCUT2D eigenvalue weighted by molar-refractivity contribution is 0.129. The van der Waals surface area contributed by atoms with E-state index in [1.54, 1.807) is 12.1 Å². The third-order valence-corrected chi connectivity index (χ3v) is 5.88. The molecule has 0 spiro atoms. The Morgan fingerprint density at radius 2 is 1.85 bits per heavy atom. The number of hydrogen-bond donors (Lipinski definition) is 1. The number of piperidine rings is 1. The Balaban J connectivity index is 1.62. The first-order chi connectivity index (χ1) is 13.0. The summed E-state index contributed by atoms with van der Waals surface area (Å²) in [7, 11) is 0. The largest absolute Gasteiger partial charge is 0.465 e. The van der Waals surface area contributed by atoms with Crippen molar-refractivity contribution in [1.82, 2.24) is 10.1 Å². The van der Waals surface area contributed by atoms with Crippen molar-refractivity contribution < 1.29 is 14.4 Å². The van der Waals surface area contributed by atoms with Crippen molar-refractivity contribution in [2.75, 3.05) is 13.1 Å². The van der Waals surface area contributed by atoms with Gasteiger partial charge in [-0.15, -0.1) is 0 Å². The van der Waals surface area contributed by atoms with Gasteiger partial charge in [0.25, 0.3) is 0 Å². The number of likely N-dealkylation sites (tertiary alicyclic amines) is 1. The molecule has 2 heterocycles. The van der Waals surface area contributed by atoms with E-state index in [0.717, 1.165) is 37.0 Å². The van der Waals surface area contributed by atoms with E-state index >= 15 is 0 Å². The molecule has 2 fully saturated rings. The molecular weight excluding hydrogens is 387 g/mol. The summed E-state index contributed by atoms with van der Waals surface area (Å²) in [5.74, 6) is 1.62. The first kappa shape index (κ1) is 18.4. The van der Waals surface area contributed by atoms with Crippen LogP contribution in [0.25, 0.3) is 17.3 Å². The summed E-state index contributed by atoms with van der Waals surface area (Å²) >= 11 is 12.8. The van der Waals surface area contributed by atoms with Gasteiger partial charge < -0.3 is 14.5 Å². The number of amides is 1. The molecule has 0 unspecified atom stereocenters. The molecule has 1 amide bonds. The smallest absolute Gasteiger partial charge is 0.407 e. The molecule has 0 atom stereocenters. The lowest BCUT2D eigenvalue weighted by Crippen LogP contribution is -2.36. The van der Waals surface area contributed by atoms with Crippen LogP contribution in [0.15, 0.2) is 28.8 Å². The van der Waals surface area contributed by atoms with Crippen LogP contribution in [0.2, 0.25) is 10.0 Å². The van der Waals surface area contributed by atoms with Gasteiger partial charge in [-0.05, 0) is 43.7 Å². The Kier molecular flexibility index (Phi) is 5.15. The minimum Gasteiger partial charge on any atom is -0.465 e. The van der Waals surface area contributed by atoms with Crippen LogP contribution in [0.4, 0.5) is 4.79 Å². The average molecular weight is 407 g/mol. The van der Waals surface area contributed by atoms with Crippen molar-refractivity contribution in [3.63, 3.8) is 0 Å². The minimum absolute atomic E-state index is 0.331. The Morgan fingerprint density at radius 3 is 2.44 bits per heavy atom. The van der Waals surface area contributed by atoms with Gasteiger partial charge in [0.15, 0.2) is 0 Å². The standard InChI is InChI=1S/C20H20Cl2N2O3/c21-15-2-1-3-16(22)17(15)18-14(19(27-23-18)13-5-6-13)7-4-12-8-10-24(11-9-12)20(25)26/h1-4,7,12-13H,5-6,8-11H2,(H,25,26)/b7-4+. The van der Waals surface area contributed by atoms with Crippen LogP contribution in [0.5, 0.6) is 0 Å². The van der Waals surface area contributed by atoms with Crippen LogP contribution in [-0.2, 0) is 0 Å². The zero-order valence-electron chi connectivity index (χ0n) is 14.7. The third-order valence-electron chi connectivity index (χ3n) is 5.25. The molecule has 1 aliphatic heterocycles. The number of nitrogens with zero attached hydrogens (tertiary/aromatic N) is 2. The zero-order valence-corrected chi connectivity index (χ0v) is 16.2. The van der Waals surface area contributed by atoms with E-state index in [0.29, 0.717) is 46.2 Å². The maximum absolute atomic E-state index is 11.1. The topological polar surface area (TPSA) is 66.6 Å². The molecule has 1 saturated carbocycles. The number of aromatic nitrogens is 1. The number of carboxylic acid groups (broad SMARTS) is 1. The quantitative estimate of drug-likeness (QED) is 0.682. The monoisotopic (exact) mass is 406 g/mol. The van der Waals surface area contributed by atoms with Gasteiger partial charge >= 0.3 is 6.09 Å². The fraction of sp³-hybridized carbons (Fsp3) is 0.400. The summed E-state index contributed by atoms with van der Waals surface area (Å²) in [6.45, 7) is 1.12. The predicted octanol–water partition coefficient (Wildman–Crippen LogP) is 5.93. The van der Waals surface area contributed by atoms with Crippen LogP contribution in [0.1, 0.15) is 42.9 Å². The second-order valence-corrected chi connectivity index (χ2v) is 7.96. The van der Waals surface area contributed by atoms with E-state index in [1.807, 2.05) is 6.07 Å². The molecule has 1 aliphatic carbocycles. The molecule has 0 radical (unpaired) electrons. The van der Waals surface area contributed by atoms with Crippen LogP contribution >= 0.6 is 23.2 Å². The van der Waals surface area contributed by atoms with Crippen molar-refractivity contribution in [2.24, 2.45) is 5.92 Å². The molecule has 1 aromatic heterocycles. The molecule has 1 saturated heterocycles. The van der Waals surface area contributed by atoms with Crippen molar-refractivity contribution in [2.45, 2.75) is 31.6 Å². The fourth-order valence-electron chi connectivity index (χ4n) is 3.53. The van der Waals surface area contributed by atoms with E-state index in [-0.39, 0.29) is 0 Å². The SMILES string of the molecule is O=C(O)N1CCC(/C=C/c2c(-c3c(Cl)cccc3Cl)noc2C2CC2)CC1. The van der Waals surface area contributed by atoms with Crippen molar-refractivity contribution >= 4 is 35.4 Å². The summed E-state index contributed by atoms with van der Waals surface area (Å²) in [4.78, 5) is 12.5. The van der Waals surface area contributed by atoms with E-state index < -0.39 is 6.09 Å². The molecule has 1 N–H and O–H groups in total. The van der Waals surface area contributed by atoms with Crippen molar-refractivity contribution in [1.29, 1.82) is 0 Å². The number of benzene rings is 1. The van der Waals surface area contributed by atoms with Crippen LogP contribution in [0, 0.1) is 5.92 Å². The van der Waals surface area contributed by atoms with Crippen LogP contribution < -0.4 is 0 Å². The highest BCUT2D eigenvalue weighted by atomic mass is 35.5. The van der Waals surface area contributed by atoms with Gasteiger partial charge in [-0.2, -0.15) is 0 Å². The lowest BCUT2D eigenvalue weighted by atomic mass is 9.94. The molecule has 2 aliphatic rings. The molecule has 5 nitrogen and oxygen atoms in total. The number of halogens is 2. The zero-order chi connectivity index (χ0) is 19.0. The molecule has 142 valence electrons. The van der Waals surface area contributed by atoms with E-state index in [1.165, 1.54) is 4.90 Å². The highest BCUT2D eigenvalue weighted by Crippen LogP contribution is 2.46. The second kappa shape index (κ2) is 7.56. The van der Waals surface area contributed by atoms with Crippen molar-refractivity contribution in [3.05, 3.63) is 45.6 Å². The van der Waals surface area contributed by atoms with Gasteiger partial charge in [-0.25, -0.2) is 4.79 Å². The predicted molar refractivity (Wildman–Crippen MR) is 105 cm³/mol. The molecule has 4 rings (SSSR count). The normalized spacial score (nSPS) is 18.4. The lowest BCUT2D eigenvalue weighted by Gasteiger charge is -2.28. The van der Waals surface area contributed by atoms with E-state index in [2.05, 4.69) is 17.3 Å². The summed E-state index contributed by atoms with van der Waals surface area (Å²) in [6.07, 6.45) is 7.19. The molecule has 1 aromatic carbocycles. The van der Waals surface area contributed by atoms with Gasteiger partial charge in [0.2, 0.25) is 0 Å². The first-order valence-corrected chi connectivity index (χ1v) is 9.90. The Hall–Kier alpha value is -1.98. The molecular formula is C20H20Cl2N2O3. The van der Waals surface area contributed by atoms with Gasteiger partial charge in [0.1, 0.15) is 11.5 Å². The van der Waals surface area contributed by atoms with Gasteiger partial charge in [0, 0.05) is 30.1 Å². The minimum atomic E-state index is -0.844. The van der Waals surface area contributed by atoms with Gasteiger partial charge in [0.05, 0.1) is 10.0 Å². The number of hydrogen-bond acceptors (Lipinski definition) is 3. The van der Waals surface area contributed by atoms with Gasteiger partial charge in [-0.3, -0.25) is 0 Å². The first-order valence-electron chi connectivity index (χ1n) is 9.14. The second-order valence-electron chi connectivity index (χ2n) is 7.15. The maximum atomic E-state index is 11.1. The fourth-order valence-corrected chi connectivity index (χ4v) is 4.11. The summed E-state index contributed by atoms with van der Waals surface area (Å²) in [5.41, 5.74) is 2.30. The Labute approximate surface area is 167 Å². The summed E-state index contributed by atoms with van der Waals surface area (Å²) in [5, 5.41) is 14.5.